The summed E-state index contributed by atoms with van der Waals surface area (Å²) in [6.07, 6.45) is 2.59. The summed E-state index contributed by atoms with van der Waals surface area (Å²) in [6, 6.07) is 6.38. The van der Waals surface area contributed by atoms with Gasteiger partial charge in [-0.05, 0) is 62.6 Å². The first-order chi connectivity index (χ1) is 20.4. The predicted octanol–water partition coefficient (Wildman–Crippen LogP) is 5.43. The number of phenolic OH excluding ortho intramolecular Hbond substituents is 1. The second-order valence-corrected chi connectivity index (χ2v) is 11.3. The molecule has 1 aliphatic heterocycles. The first-order valence-electron chi connectivity index (χ1n) is 14.2. The van der Waals surface area contributed by atoms with Crippen LogP contribution in [0.1, 0.15) is 63.6 Å². The number of amides is 1. The first-order valence-corrected chi connectivity index (χ1v) is 14.2. The van der Waals surface area contributed by atoms with Gasteiger partial charge in [0.2, 0.25) is 5.91 Å². The molecule has 1 aromatic carbocycles. The molecule has 0 bridgehead atoms. The molecule has 4 heterocycles. The van der Waals surface area contributed by atoms with E-state index in [1.54, 1.807) is 17.2 Å². The molecule has 5 rings (SSSR count). The summed E-state index contributed by atoms with van der Waals surface area (Å²) in [5.41, 5.74) is 1.11. The van der Waals surface area contributed by atoms with Crippen LogP contribution in [0.4, 0.5) is 14.6 Å². The zero-order chi connectivity index (χ0) is 31.2. The van der Waals surface area contributed by atoms with Crippen LogP contribution in [0.25, 0.3) is 16.7 Å². The molecule has 2 atom stereocenters. The lowest BCUT2D eigenvalue weighted by Crippen LogP contribution is -2.58. The zero-order valence-corrected chi connectivity index (χ0v) is 24.8. The van der Waals surface area contributed by atoms with Crippen LogP contribution in [-0.2, 0) is 11.2 Å². The third-order valence-corrected chi connectivity index (χ3v) is 7.95. The lowest BCUT2D eigenvalue weighted by atomic mass is 10.0. The topological polar surface area (TPSA) is 104 Å². The molecule has 4 aromatic rings. The van der Waals surface area contributed by atoms with E-state index in [0.717, 1.165) is 5.56 Å². The van der Waals surface area contributed by atoms with E-state index in [-0.39, 0.29) is 71.6 Å². The van der Waals surface area contributed by atoms with E-state index >= 15 is 4.39 Å². The van der Waals surface area contributed by atoms with Gasteiger partial charge < -0.3 is 14.9 Å². The zero-order valence-electron chi connectivity index (χ0n) is 24.8. The fourth-order valence-electron chi connectivity index (χ4n) is 5.71. The maximum Gasteiger partial charge on any atom is 0.355 e. The minimum atomic E-state index is -0.739. The maximum absolute atomic E-state index is 15.8. The molecule has 1 N–H and O–H groups in total. The van der Waals surface area contributed by atoms with E-state index in [9.17, 15) is 19.1 Å². The van der Waals surface area contributed by atoms with Crippen molar-refractivity contribution in [3.63, 3.8) is 0 Å². The third-order valence-electron chi connectivity index (χ3n) is 7.95. The standard InChI is InChI=1S/C32H34F2N6O3.CH4/c1-7-27(42)38-15-20(6)39(16-19(38)5)30-22-13-24(34)25(14-21-23(33)9-8-10-26(21)41)36-31(22)40(32(43)37-30)29-18(4)11-12-35-28(29)17(2)3;/h7-13,17,19-20,41H,1,14-16H2,2-6H3;1H4/t19-,20+;/m1./s1. The number of phenols is 1. The molecule has 3 aromatic heterocycles. The highest BCUT2D eigenvalue weighted by molar-refractivity contribution is 5.90. The first kappa shape index (κ1) is 32.2. The Morgan fingerprint density at radius 1 is 1.14 bits per heavy atom. The molecular weight excluding hydrogens is 566 g/mol. The summed E-state index contributed by atoms with van der Waals surface area (Å²) >= 11 is 0. The lowest BCUT2D eigenvalue weighted by molar-refractivity contribution is -0.128. The summed E-state index contributed by atoms with van der Waals surface area (Å²) in [7, 11) is 0. The summed E-state index contributed by atoms with van der Waals surface area (Å²) in [6.45, 7) is 13.8. The molecule has 0 unspecified atom stereocenters. The number of pyridine rings is 2. The van der Waals surface area contributed by atoms with E-state index in [2.05, 4.69) is 21.5 Å². The molecule has 9 nitrogen and oxygen atoms in total. The molecule has 1 aliphatic rings. The quantitative estimate of drug-likeness (QED) is 0.293. The van der Waals surface area contributed by atoms with Crippen molar-refractivity contribution in [1.29, 1.82) is 0 Å². The summed E-state index contributed by atoms with van der Waals surface area (Å²) in [5, 5.41) is 10.6. The van der Waals surface area contributed by atoms with Crippen molar-refractivity contribution in [1.82, 2.24) is 24.4 Å². The number of halogens is 2. The molecule has 0 radical (unpaired) electrons. The number of fused-ring (bicyclic) bond motifs is 1. The molecule has 0 spiro atoms. The van der Waals surface area contributed by atoms with Gasteiger partial charge in [-0.2, -0.15) is 4.98 Å². The third kappa shape index (κ3) is 5.66. The number of aromatic nitrogens is 4. The minimum Gasteiger partial charge on any atom is -0.508 e. The van der Waals surface area contributed by atoms with Crippen LogP contribution >= 0.6 is 0 Å². The van der Waals surface area contributed by atoms with Gasteiger partial charge in [-0.25, -0.2) is 23.1 Å². The average Bonchev–Trinajstić information content (AvgIpc) is 2.96. The molecule has 232 valence electrons. The number of hydrogen-bond donors (Lipinski definition) is 1. The van der Waals surface area contributed by atoms with Crippen LogP contribution in [0.15, 0.2) is 54.0 Å². The van der Waals surface area contributed by atoms with Gasteiger partial charge in [0.05, 0.1) is 22.5 Å². The molecule has 44 heavy (non-hydrogen) atoms. The molecule has 0 saturated carbocycles. The summed E-state index contributed by atoms with van der Waals surface area (Å²) in [4.78, 5) is 43.6. The van der Waals surface area contributed by atoms with Gasteiger partial charge in [0.25, 0.3) is 0 Å². The molecule has 1 amide bonds. The second kappa shape index (κ2) is 12.5. The van der Waals surface area contributed by atoms with Crippen LogP contribution in [-0.4, -0.2) is 60.6 Å². The van der Waals surface area contributed by atoms with Crippen molar-refractivity contribution in [2.24, 2.45) is 0 Å². The molecule has 1 saturated heterocycles. The number of aromatic hydroxyl groups is 1. The van der Waals surface area contributed by atoms with Crippen molar-refractivity contribution in [3.8, 4) is 11.4 Å². The molecule has 1 fully saturated rings. The van der Waals surface area contributed by atoms with Crippen molar-refractivity contribution < 1.29 is 18.7 Å². The Labute approximate surface area is 255 Å². The lowest BCUT2D eigenvalue weighted by Gasteiger charge is -2.44. The Bertz CT molecular complexity index is 1780. The van der Waals surface area contributed by atoms with Crippen LogP contribution < -0.4 is 10.6 Å². The van der Waals surface area contributed by atoms with Gasteiger partial charge in [-0.1, -0.05) is 33.9 Å². The number of aryl methyl sites for hydroxylation is 1. The van der Waals surface area contributed by atoms with E-state index in [0.29, 0.717) is 24.5 Å². The van der Waals surface area contributed by atoms with Crippen LogP contribution in [0, 0.1) is 18.6 Å². The van der Waals surface area contributed by atoms with Gasteiger partial charge in [-0.15, -0.1) is 0 Å². The molecule has 11 heteroatoms. The Kier molecular flexibility index (Phi) is 9.17. The molecule has 0 aliphatic carbocycles. The number of anilines is 1. The van der Waals surface area contributed by atoms with Gasteiger partial charge in [0.15, 0.2) is 5.65 Å². The monoisotopic (exact) mass is 604 g/mol. The summed E-state index contributed by atoms with van der Waals surface area (Å²) in [5.74, 6) is -1.79. The van der Waals surface area contributed by atoms with Crippen LogP contribution in [0.3, 0.4) is 0 Å². The SMILES string of the molecule is C.C=CC(=O)N1C[C@H](C)N(c2nc(=O)n(-c3c(C)ccnc3C(C)C)c3nc(Cc4c(O)cccc4F)c(F)cc23)C[C@H]1C. The number of carbonyl (C=O) groups is 1. The Morgan fingerprint density at radius 3 is 2.52 bits per heavy atom. The van der Waals surface area contributed by atoms with Crippen molar-refractivity contribution in [2.75, 3.05) is 18.0 Å². The smallest absolute Gasteiger partial charge is 0.355 e. The fourth-order valence-corrected chi connectivity index (χ4v) is 5.71. The number of benzene rings is 1. The Morgan fingerprint density at radius 2 is 1.86 bits per heavy atom. The largest absolute Gasteiger partial charge is 0.508 e. The average molecular weight is 605 g/mol. The van der Waals surface area contributed by atoms with Gasteiger partial charge in [-0.3, -0.25) is 9.78 Å². The minimum absolute atomic E-state index is 0. The van der Waals surface area contributed by atoms with E-state index < -0.39 is 17.3 Å². The number of piperazine rings is 1. The van der Waals surface area contributed by atoms with Gasteiger partial charge >= 0.3 is 5.69 Å². The fraction of sp³-hybridized carbons (Fsp3) is 0.364. The molecular formula is C33H38F2N6O3. The van der Waals surface area contributed by atoms with Crippen LogP contribution in [0.2, 0.25) is 0 Å². The Balaban J connectivity index is 0.00000442. The summed E-state index contributed by atoms with van der Waals surface area (Å²) < 4.78 is 31.8. The number of rotatable bonds is 6. The number of carbonyl (C=O) groups excluding carboxylic acids is 1. The highest BCUT2D eigenvalue weighted by Crippen LogP contribution is 2.33. The normalized spacial score (nSPS) is 16.7. The second-order valence-electron chi connectivity index (χ2n) is 11.3. The highest BCUT2D eigenvalue weighted by Gasteiger charge is 2.34. The van der Waals surface area contributed by atoms with E-state index in [1.807, 2.05) is 39.5 Å². The number of hydrogen-bond acceptors (Lipinski definition) is 7. The van der Waals surface area contributed by atoms with Crippen molar-refractivity contribution in [3.05, 3.63) is 93.8 Å². The van der Waals surface area contributed by atoms with E-state index in [4.69, 9.17) is 0 Å². The predicted molar refractivity (Wildman–Crippen MR) is 167 cm³/mol. The van der Waals surface area contributed by atoms with Crippen molar-refractivity contribution in [2.45, 2.75) is 66.5 Å². The number of nitrogens with zero attached hydrogens (tertiary/aromatic N) is 6. The van der Waals surface area contributed by atoms with Crippen LogP contribution in [0.5, 0.6) is 5.75 Å². The maximum atomic E-state index is 15.8. The van der Waals surface area contributed by atoms with Gasteiger partial charge in [0.1, 0.15) is 23.2 Å². The van der Waals surface area contributed by atoms with Gasteiger partial charge in [0, 0.05) is 43.4 Å². The highest BCUT2D eigenvalue weighted by atomic mass is 19.1. The van der Waals surface area contributed by atoms with E-state index in [1.165, 1.54) is 34.9 Å². The Hall–Kier alpha value is -4.67. The van der Waals surface area contributed by atoms with Crippen molar-refractivity contribution >= 4 is 22.8 Å².